The van der Waals surface area contributed by atoms with E-state index in [4.69, 9.17) is 9.84 Å². The molecule has 1 rings (SSSR count). The fourth-order valence-corrected chi connectivity index (χ4v) is 1.60. The van der Waals surface area contributed by atoms with Gasteiger partial charge in [0, 0.05) is 19.7 Å². The van der Waals surface area contributed by atoms with Crippen molar-refractivity contribution in [3.05, 3.63) is 12.7 Å². The monoisotopic (exact) mass is 199 g/mol. The van der Waals surface area contributed by atoms with Crippen molar-refractivity contribution < 1.29 is 14.6 Å². The van der Waals surface area contributed by atoms with Crippen LogP contribution in [0, 0.1) is 5.92 Å². The first-order valence-electron chi connectivity index (χ1n) is 4.91. The molecule has 0 spiro atoms. The number of carbonyl (C=O) groups excluding carboxylic acids is 1. The summed E-state index contributed by atoms with van der Waals surface area (Å²) in [6.45, 7) is 5.20. The zero-order valence-electron chi connectivity index (χ0n) is 8.32. The van der Waals surface area contributed by atoms with Crippen LogP contribution in [0.2, 0.25) is 0 Å². The van der Waals surface area contributed by atoms with Crippen molar-refractivity contribution in [1.29, 1.82) is 0 Å². The number of aliphatic hydroxyl groups excluding tert-OH is 1. The highest BCUT2D eigenvalue weighted by molar-refractivity contribution is 5.67. The molecule has 1 heterocycles. The summed E-state index contributed by atoms with van der Waals surface area (Å²) in [7, 11) is 0. The number of carbonyl (C=O) groups is 1. The van der Waals surface area contributed by atoms with Crippen LogP contribution in [0.1, 0.15) is 12.8 Å². The lowest BCUT2D eigenvalue weighted by molar-refractivity contribution is 0.0796. The summed E-state index contributed by atoms with van der Waals surface area (Å²) in [5.41, 5.74) is 0. The number of amides is 1. The number of hydrogen-bond acceptors (Lipinski definition) is 3. The van der Waals surface area contributed by atoms with Crippen LogP contribution in [0.25, 0.3) is 0 Å². The predicted octanol–water partition coefficient (Wildman–Crippen LogP) is 1.01. The summed E-state index contributed by atoms with van der Waals surface area (Å²) in [5, 5.41) is 8.97. The molecule has 1 amide bonds. The third kappa shape index (κ3) is 3.03. The first-order chi connectivity index (χ1) is 6.77. The molecule has 1 fully saturated rings. The highest BCUT2D eigenvalue weighted by Crippen LogP contribution is 2.16. The van der Waals surface area contributed by atoms with E-state index in [-0.39, 0.29) is 25.2 Å². The van der Waals surface area contributed by atoms with Crippen LogP contribution in [0.5, 0.6) is 0 Å². The zero-order chi connectivity index (χ0) is 10.4. The van der Waals surface area contributed by atoms with Crippen LogP contribution < -0.4 is 0 Å². The van der Waals surface area contributed by atoms with Crippen LogP contribution in [0.15, 0.2) is 12.7 Å². The molecule has 4 heteroatoms. The minimum Gasteiger partial charge on any atom is -0.445 e. The normalized spacial score (nSPS) is 21.8. The Hall–Kier alpha value is -1.03. The van der Waals surface area contributed by atoms with E-state index < -0.39 is 0 Å². The Morgan fingerprint density at radius 3 is 3.14 bits per heavy atom. The maximum atomic E-state index is 11.4. The molecule has 4 nitrogen and oxygen atoms in total. The maximum absolute atomic E-state index is 11.4. The summed E-state index contributed by atoms with van der Waals surface area (Å²) < 4.78 is 4.91. The summed E-state index contributed by atoms with van der Waals surface area (Å²) in [5.74, 6) is 0.208. The molecule has 0 aliphatic carbocycles. The predicted molar refractivity (Wildman–Crippen MR) is 52.9 cm³/mol. The molecule has 1 unspecified atom stereocenters. The van der Waals surface area contributed by atoms with Crippen molar-refractivity contribution in [2.24, 2.45) is 5.92 Å². The lowest BCUT2D eigenvalue weighted by Gasteiger charge is -2.30. The van der Waals surface area contributed by atoms with Gasteiger partial charge in [-0.25, -0.2) is 4.79 Å². The number of aliphatic hydroxyl groups is 1. The highest BCUT2D eigenvalue weighted by atomic mass is 16.6. The van der Waals surface area contributed by atoms with Crippen molar-refractivity contribution >= 4 is 6.09 Å². The van der Waals surface area contributed by atoms with Crippen LogP contribution in [0.3, 0.4) is 0 Å². The van der Waals surface area contributed by atoms with Crippen molar-refractivity contribution in [3.8, 4) is 0 Å². The first kappa shape index (κ1) is 11.0. The van der Waals surface area contributed by atoms with E-state index in [1.807, 2.05) is 0 Å². The van der Waals surface area contributed by atoms with Crippen molar-refractivity contribution in [1.82, 2.24) is 4.90 Å². The summed E-state index contributed by atoms with van der Waals surface area (Å²) in [6, 6.07) is 0. The van der Waals surface area contributed by atoms with Gasteiger partial charge in [-0.05, 0) is 18.8 Å². The molecular weight excluding hydrogens is 182 g/mol. The van der Waals surface area contributed by atoms with E-state index in [9.17, 15) is 4.79 Å². The van der Waals surface area contributed by atoms with Crippen LogP contribution >= 0.6 is 0 Å². The molecule has 1 aliphatic heterocycles. The van der Waals surface area contributed by atoms with Gasteiger partial charge in [0.05, 0.1) is 0 Å². The van der Waals surface area contributed by atoms with E-state index in [0.717, 1.165) is 19.4 Å². The largest absolute Gasteiger partial charge is 0.445 e. The van der Waals surface area contributed by atoms with Gasteiger partial charge in [0.15, 0.2) is 0 Å². The van der Waals surface area contributed by atoms with Gasteiger partial charge < -0.3 is 14.7 Å². The molecule has 0 bridgehead atoms. The number of piperidine rings is 1. The maximum Gasteiger partial charge on any atom is 0.410 e. The second kappa shape index (κ2) is 5.65. The van der Waals surface area contributed by atoms with Gasteiger partial charge in [-0.3, -0.25) is 0 Å². The minimum atomic E-state index is -0.303. The molecule has 0 aromatic rings. The van der Waals surface area contributed by atoms with Gasteiger partial charge >= 0.3 is 6.09 Å². The summed E-state index contributed by atoms with van der Waals surface area (Å²) >= 11 is 0. The lowest BCUT2D eigenvalue weighted by atomic mass is 10.00. The number of nitrogens with zero attached hydrogens (tertiary/aromatic N) is 1. The van der Waals surface area contributed by atoms with Crippen molar-refractivity contribution in [2.75, 3.05) is 26.3 Å². The van der Waals surface area contributed by atoms with E-state index >= 15 is 0 Å². The zero-order valence-corrected chi connectivity index (χ0v) is 8.32. The molecule has 0 radical (unpaired) electrons. The van der Waals surface area contributed by atoms with Crippen molar-refractivity contribution in [3.63, 3.8) is 0 Å². The Morgan fingerprint density at radius 2 is 2.50 bits per heavy atom. The van der Waals surface area contributed by atoms with E-state index in [1.165, 1.54) is 0 Å². The van der Waals surface area contributed by atoms with Gasteiger partial charge in [-0.2, -0.15) is 0 Å². The topological polar surface area (TPSA) is 49.8 Å². The van der Waals surface area contributed by atoms with Gasteiger partial charge in [-0.15, -0.1) is 0 Å². The number of likely N-dealkylation sites (tertiary alicyclic amines) is 1. The van der Waals surface area contributed by atoms with Gasteiger partial charge in [0.2, 0.25) is 0 Å². The SMILES string of the molecule is C=CCOC(=O)N1CCCC(CO)C1. The molecule has 1 N–H and O–H groups in total. The van der Waals surface area contributed by atoms with E-state index in [0.29, 0.717) is 6.54 Å². The minimum absolute atomic E-state index is 0.144. The molecule has 0 aromatic carbocycles. The Bertz CT molecular complexity index is 206. The molecule has 1 atom stereocenters. The Morgan fingerprint density at radius 1 is 1.71 bits per heavy atom. The molecule has 1 aliphatic rings. The molecule has 80 valence electrons. The first-order valence-corrected chi connectivity index (χ1v) is 4.91. The second-order valence-electron chi connectivity index (χ2n) is 3.50. The molecular formula is C10H17NO3. The lowest BCUT2D eigenvalue weighted by Crippen LogP contribution is -2.41. The fourth-order valence-electron chi connectivity index (χ4n) is 1.60. The summed E-state index contributed by atoms with van der Waals surface area (Å²) in [4.78, 5) is 13.0. The molecule has 1 saturated heterocycles. The average molecular weight is 199 g/mol. The van der Waals surface area contributed by atoms with Crippen LogP contribution in [-0.4, -0.2) is 42.4 Å². The molecule has 0 aromatic heterocycles. The third-order valence-electron chi connectivity index (χ3n) is 2.36. The average Bonchev–Trinajstić information content (AvgIpc) is 2.26. The Kier molecular flexibility index (Phi) is 4.46. The van der Waals surface area contributed by atoms with Crippen molar-refractivity contribution in [2.45, 2.75) is 12.8 Å². The second-order valence-corrected chi connectivity index (χ2v) is 3.50. The van der Waals surface area contributed by atoms with E-state index in [1.54, 1.807) is 11.0 Å². The van der Waals surface area contributed by atoms with Crippen LogP contribution in [-0.2, 0) is 4.74 Å². The number of ether oxygens (including phenoxy) is 1. The van der Waals surface area contributed by atoms with Gasteiger partial charge in [0.1, 0.15) is 6.61 Å². The smallest absolute Gasteiger partial charge is 0.410 e. The highest BCUT2D eigenvalue weighted by Gasteiger charge is 2.23. The molecule has 0 saturated carbocycles. The quantitative estimate of drug-likeness (QED) is 0.690. The Balaban J connectivity index is 2.35. The van der Waals surface area contributed by atoms with E-state index in [2.05, 4.69) is 6.58 Å². The number of hydrogen-bond donors (Lipinski definition) is 1. The van der Waals surface area contributed by atoms with Gasteiger partial charge in [0.25, 0.3) is 0 Å². The summed E-state index contributed by atoms with van der Waals surface area (Å²) in [6.07, 6.45) is 3.17. The van der Waals surface area contributed by atoms with Crippen LogP contribution in [0.4, 0.5) is 4.79 Å². The fraction of sp³-hybridized carbons (Fsp3) is 0.700. The third-order valence-corrected chi connectivity index (χ3v) is 2.36. The standard InChI is InChI=1S/C10H17NO3/c1-2-6-14-10(13)11-5-3-4-9(7-11)8-12/h2,9,12H,1,3-8H2. The van der Waals surface area contributed by atoms with Gasteiger partial charge in [-0.1, -0.05) is 12.7 Å². The molecule has 14 heavy (non-hydrogen) atoms. The number of rotatable bonds is 3. The Labute approximate surface area is 84.2 Å².